The van der Waals surface area contributed by atoms with Crippen molar-refractivity contribution in [3.63, 3.8) is 0 Å². The molecule has 4 fully saturated rings. The average molecular weight is 468 g/mol. The van der Waals surface area contributed by atoms with E-state index in [0.717, 1.165) is 31.2 Å². The van der Waals surface area contributed by atoms with Gasteiger partial charge in [-0.25, -0.2) is 13.2 Å². The minimum atomic E-state index is -2.49. The molecule has 3 saturated carbocycles. The van der Waals surface area contributed by atoms with E-state index in [4.69, 9.17) is 14.6 Å². The molecule has 0 radical (unpaired) electrons. The number of carboxylic acid groups (broad SMARTS) is 1. The van der Waals surface area contributed by atoms with Crippen molar-refractivity contribution < 1.29 is 32.6 Å². The fraction of sp³-hybridized carbons (Fsp3) is 0.680. The molecular formula is C25H32F3NO4. The Hall–Kier alpha value is -2.25. The van der Waals surface area contributed by atoms with Crippen LogP contribution in [0, 0.1) is 16.6 Å². The number of carbonyl (C=O) groups excluding carboxylic acids is 1. The Morgan fingerprint density at radius 3 is 2.27 bits per heavy atom. The number of alkyl halides is 2. The molecule has 0 unspecified atom stereocenters. The number of halogens is 3. The lowest BCUT2D eigenvalue weighted by atomic mass is 9.70. The quantitative estimate of drug-likeness (QED) is 0.571. The highest BCUT2D eigenvalue weighted by Crippen LogP contribution is 2.69. The Bertz CT molecular complexity index is 901. The Labute approximate surface area is 192 Å². The van der Waals surface area contributed by atoms with Crippen molar-refractivity contribution in [3.8, 4) is 5.75 Å². The molecule has 1 aromatic rings. The van der Waals surface area contributed by atoms with E-state index >= 15 is 0 Å². The zero-order chi connectivity index (χ0) is 23.9. The third-order valence-electron chi connectivity index (χ3n) is 7.94. The number of hydrogen-bond acceptors (Lipinski definition) is 3. The highest BCUT2D eigenvalue weighted by atomic mass is 19.3. The van der Waals surface area contributed by atoms with Gasteiger partial charge in [-0.05, 0) is 68.9 Å². The second kappa shape index (κ2) is 8.84. The second-order valence-electron chi connectivity index (χ2n) is 10.5. The molecule has 1 spiro atoms. The Balaban J connectivity index is 0.000000821. The van der Waals surface area contributed by atoms with E-state index in [1.165, 1.54) is 6.07 Å². The molecule has 182 valence electrons. The monoisotopic (exact) mass is 467 g/mol. The molecule has 0 atom stereocenters. The first-order valence-electron chi connectivity index (χ1n) is 11.8. The van der Waals surface area contributed by atoms with Gasteiger partial charge >= 0.3 is 0 Å². The second-order valence-corrected chi connectivity index (χ2v) is 10.5. The van der Waals surface area contributed by atoms with Gasteiger partial charge in [0.15, 0.2) is 0 Å². The van der Waals surface area contributed by atoms with Gasteiger partial charge in [-0.3, -0.25) is 9.59 Å². The van der Waals surface area contributed by atoms with Crippen LogP contribution in [0.5, 0.6) is 5.75 Å². The summed E-state index contributed by atoms with van der Waals surface area (Å²) >= 11 is 0. The van der Waals surface area contributed by atoms with Crippen molar-refractivity contribution in [3.05, 3.63) is 29.1 Å². The highest BCUT2D eigenvalue weighted by molar-refractivity contribution is 5.95. The Morgan fingerprint density at radius 2 is 1.76 bits per heavy atom. The molecule has 1 heterocycles. The SMILES string of the molecule is CC1(COc2cc(F)c(C(=O)N3CCCC3)cc2C2CC2)CCC2(CC1)CC2(F)F.O=CO. The Kier molecular flexibility index (Phi) is 6.40. The number of likely N-dealkylation sites (tertiary alicyclic amines) is 1. The van der Waals surface area contributed by atoms with E-state index in [1.54, 1.807) is 11.0 Å². The highest BCUT2D eigenvalue weighted by Gasteiger charge is 2.71. The summed E-state index contributed by atoms with van der Waals surface area (Å²) in [4.78, 5) is 22.8. The zero-order valence-electron chi connectivity index (χ0n) is 19.0. The molecular weight excluding hydrogens is 435 g/mol. The summed E-state index contributed by atoms with van der Waals surface area (Å²) in [6, 6.07) is 3.08. The van der Waals surface area contributed by atoms with Crippen LogP contribution in [0.4, 0.5) is 13.2 Å². The van der Waals surface area contributed by atoms with Crippen LogP contribution in [0.15, 0.2) is 12.1 Å². The summed E-state index contributed by atoms with van der Waals surface area (Å²) in [5.74, 6) is -2.41. The normalized spacial score (nSPS) is 29.9. The molecule has 33 heavy (non-hydrogen) atoms. The van der Waals surface area contributed by atoms with Crippen LogP contribution in [0.3, 0.4) is 0 Å². The molecule has 4 aliphatic rings. The predicted octanol–water partition coefficient (Wildman–Crippen LogP) is 5.62. The first-order valence-corrected chi connectivity index (χ1v) is 11.8. The smallest absolute Gasteiger partial charge is 0.290 e. The predicted molar refractivity (Wildman–Crippen MR) is 116 cm³/mol. The average Bonchev–Trinajstić information content (AvgIpc) is 3.62. The van der Waals surface area contributed by atoms with Gasteiger partial charge < -0.3 is 14.7 Å². The summed E-state index contributed by atoms with van der Waals surface area (Å²) < 4.78 is 48.3. The number of carbonyl (C=O) groups is 2. The fourth-order valence-corrected chi connectivity index (χ4v) is 5.32. The molecule has 5 nitrogen and oxygen atoms in total. The minimum absolute atomic E-state index is 0.0283. The van der Waals surface area contributed by atoms with Gasteiger partial charge in [0.25, 0.3) is 18.3 Å². The lowest BCUT2D eigenvalue weighted by Crippen LogP contribution is -2.33. The van der Waals surface area contributed by atoms with Crippen molar-refractivity contribution >= 4 is 12.4 Å². The third-order valence-corrected chi connectivity index (χ3v) is 7.94. The topological polar surface area (TPSA) is 66.8 Å². The number of rotatable bonds is 5. The van der Waals surface area contributed by atoms with E-state index in [0.29, 0.717) is 57.0 Å². The third kappa shape index (κ3) is 4.85. The van der Waals surface area contributed by atoms with Gasteiger partial charge in [-0.1, -0.05) is 6.92 Å². The maximum Gasteiger partial charge on any atom is 0.290 e. The van der Waals surface area contributed by atoms with E-state index in [-0.39, 0.29) is 29.8 Å². The van der Waals surface area contributed by atoms with Gasteiger partial charge in [0.1, 0.15) is 11.6 Å². The number of benzene rings is 1. The number of ether oxygens (including phenoxy) is 1. The van der Waals surface area contributed by atoms with E-state index in [9.17, 15) is 18.0 Å². The molecule has 1 N–H and O–H groups in total. The number of hydrogen-bond donors (Lipinski definition) is 1. The maximum absolute atomic E-state index is 14.9. The first kappa shape index (κ1) is 23.9. The zero-order valence-corrected chi connectivity index (χ0v) is 19.0. The molecule has 3 aliphatic carbocycles. The minimum Gasteiger partial charge on any atom is -0.493 e. The Morgan fingerprint density at radius 1 is 1.18 bits per heavy atom. The number of amides is 1. The summed E-state index contributed by atoms with van der Waals surface area (Å²) in [5.41, 5.74) is 0.122. The molecule has 0 aromatic heterocycles. The van der Waals surface area contributed by atoms with Crippen molar-refractivity contribution in [1.29, 1.82) is 0 Å². The molecule has 0 bridgehead atoms. The van der Waals surface area contributed by atoms with E-state index < -0.39 is 17.2 Å². The molecule has 1 amide bonds. The van der Waals surface area contributed by atoms with Gasteiger partial charge in [-0.2, -0.15) is 0 Å². The molecule has 8 heteroatoms. The van der Waals surface area contributed by atoms with Gasteiger partial charge in [-0.15, -0.1) is 0 Å². The fourth-order valence-electron chi connectivity index (χ4n) is 5.32. The van der Waals surface area contributed by atoms with Crippen LogP contribution in [-0.4, -0.2) is 48.0 Å². The van der Waals surface area contributed by atoms with Gasteiger partial charge in [0.2, 0.25) is 0 Å². The van der Waals surface area contributed by atoms with E-state index in [1.807, 2.05) is 0 Å². The number of nitrogens with zero attached hydrogens (tertiary/aromatic N) is 1. The lowest BCUT2D eigenvalue weighted by Gasteiger charge is -2.37. The summed E-state index contributed by atoms with van der Waals surface area (Å²) in [7, 11) is 0. The maximum atomic E-state index is 14.9. The van der Waals surface area contributed by atoms with Crippen molar-refractivity contribution in [2.75, 3.05) is 19.7 Å². The van der Waals surface area contributed by atoms with Crippen molar-refractivity contribution in [2.24, 2.45) is 10.8 Å². The van der Waals surface area contributed by atoms with Crippen LogP contribution in [0.1, 0.15) is 86.6 Å². The molecule has 1 aliphatic heterocycles. The van der Waals surface area contributed by atoms with Gasteiger partial charge in [0, 0.05) is 36.4 Å². The van der Waals surface area contributed by atoms with Crippen LogP contribution in [-0.2, 0) is 4.79 Å². The summed E-state index contributed by atoms with van der Waals surface area (Å²) in [6.45, 7) is 3.61. The van der Waals surface area contributed by atoms with Crippen molar-refractivity contribution in [1.82, 2.24) is 4.90 Å². The first-order chi connectivity index (χ1) is 15.6. The lowest BCUT2D eigenvalue weighted by molar-refractivity contribution is -0.122. The molecule has 1 aromatic carbocycles. The summed E-state index contributed by atoms with van der Waals surface area (Å²) in [5, 5.41) is 6.89. The van der Waals surface area contributed by atoms with Gasteiger partial charge in [0.05, 0.1) is 12.2 Å². The standard InChI is InChI=1S/C24H30F3NO2.CH2O2/c1-22(6-8-23(9-7-22)14-24(23,26)27)15-30-20-13-19(25)18(12-17(20)16-4-5-16)21(29)28-10-2-3-11-28;2-1-3/h12-13,16H,2-11,14-15H2,1H3;1H,(H,2,3). The van der Waals surface area contributed by atoms with Crippen LogP contribution in [0.25, 0.3) is 0 Å². The van der Waals surface area contributed by atoms with Crippen LogP contribution >= 0.6 is 0 Å². The van der Waals surface area contributed by atoms with Crippen LogP contribution in [0.2, 0.25) is 0 Å². The molecule has 1 saturated heterocycles. The van der Waals surface area contributed by atoms with Crippen molar-refractivity contribution in [2.45, 2.75) is 76.6 Å². The van der Waals surface area contributed by atoms with E-state index in [2.05, 4.69) is 6.92 Å². The molecule has 5 rings (SSSR count). The largest absolute Gasteiger partial charge is 0.493 e. The van der Waals surface area contributed by atoms with Crippen LogP contribution < -0.4 is 4.74 Å². The summed E-state index contributed by atoms with van der Waals surface area (Å²) in [6.07, 6.45) is 6.49.